The van der Waals surface area contributed by atoms with Gasteiger partial charge in [-0.05, 0) is 82.8 Å². The topological polar surface area (TPSA) is 86.2 Å². The van der Waals surface area contributed by atoms with Gasteiger partial charge in [-0.25, -0.2) is 10.2 Å². The normalized spacial score (nSPS) is 12.4. The molecule has 0 atom stereocenters. The number of carbonyl (C=O) groups excluding carboxylic acids is 2. The molecular formula is C23H17IN2O5. The molecule has 156 valence electrons. The Morgan fingerprint density at radius 3 is 2.48 bits per heavy atom. The Morgan fingerprint density at radius 2 is 1.71 bits per heavy atom. The molecule has 1 heterocycles. The molecule has 1 amide bonds. The van der Waals surface area contributed by atoms with Crippen molar-refractivity contribution in [3.05, 3.63) is 87.0 Å². The fraction of sp³-hybridized carbons (Fsp3) is 0.0870. The summed E-state index contributed by atoms with van der Waals surface area (Å²) in [6, 6.07) is 19.0. The van der Waals surface area contributed by atoms with E-state index in [4.69, 9.17) is 14.2 Å². The van der Waals surface area contributed by atoms with Gasteiger partial charge in [0.15, 0.2) is 11.5 Å². The SMILES string of the molecule is O=C(N/N=C\c1ccc(OC(=O)c2ccccc2I)cc1)c1ccc2c(c1)OCCO2. The predicted molar refractivity (Wildman–Crippen MR) is 123 cm³/mol. The zero-order valence-corrected chi connectivity index (χ0v) is 18.4. The van der Waals surface area contributed by atoms with Crippen LogP contribution in [0.5, 0.6) is 17.2 Å². The van der Waals surface area contributed by atoms with Crippen LogP contribution in [0.15, 0.2) is 71.8 Å². The van der Waals surface area contributed by atoms with Gasteiger partial charge in [0.2, 0.25) is 0 Å². The summed E-state index contributed by atoms with van der Waals surface area (Å²) in [4.78, 5) is 24.6. The van der Waals surface area contributed by atoms with Crippen LogP contribution in [0.4, 0.5) is 0 Å². The molecule has 3 aromatic carbocycles. The highest BCUT2D eigenvalue weighted by atomic mass is 127. The third-order valence-corrected chi connectivity index (χ3v) is 5.31. The first-order valence-corrected chi connectivity index (χ1v) is 10.5. The lowest BCUT2D eigenvalue weighted by Crippen LogP contribution is -2.19. The molecule has 0 bridgehead atoms. The fourth-order valence-electron chi connectivity index (χ4n) is 2.83. The third kappa shape index (κ3) is 5.21. The maximum absolute atomic E-state index is 12.3. The van der Waals surface area contributed by atoms with Gasteiger partial charge in [0.05, 0.1) is 11.8 Å². The maximum atomic E-state index is 12.3. The summed E-state index contributed by atoms with van der Waals surface area (Å²) in [5.41, 5.74) is 4.14. The van der Waals surface area contributed by atoms with Crippen LogP contribution in [-0.2, 0) is 0 Å². The quantitative estimate of drug-likeness (QED) is 0.178. The zero-order valence-electron chi connectivity index (χ0n) is 16.2. The van der Waals surface area contributed by atoms with Gasteiger partial charge in [-0.3, -0.25) is 4.79 Å². The molecule has 4 rings (SSSR count). The summed E-state index contributed by atoms with van der Waals surface area (Å²) in [7, 11) is 0. The number of nitrogens with zero attached hydrogens (tertiary/aromatic N) is 1. The first-order chi connectivity index (χ1) is 15.1. The molecule has 3 aromatic rings. The van der Waals surface area contributed by atoms with E-state index in [1.807, 2.05) is 12.1 Å². The van der Waals surface area contributed by atoms with Crippen molar-refractivity contribution in [2.45, 2.75) is 0 Å². The minimum atomic E-state index is -0.418. The third-order valence-electron chi connectivity index (χ3n) is 4.37. The van der Waals surface area contributed by atoms with Crippen LogP contribution < -0.4 is 19.6 Å². The Morgan fingerprint density at radius 1 is 0.968 bits per heavy atom. The number of nitrogens with one attached hydrogen (secondary N) is 1. The van der Waals surface area contributed by atoms with E-state index in [9.17, 15) is 9.59 Å². The van der Waals surface area contributed by atoms with Gasteiger partial charge < -0.3 is 14.2 Å². The summed E-state index contributed by atoms with van der Waals surface area (Å²) in [6.45, 7) is 0.943. The van der Waals surface area contributed by atoms with Crippen molar-refractivity contribution in [3.8, 4) is 17.2 Å². The van der Waals surface area contributed by atoms with Crippen LogP contribution in [0, 0.1) is 3.57 Å². The number of ether oxygens (including phenoxy) is 3. The molecule has 8 heteroatoms. The van der Waals surface area contributed by atoms with Gasteiger partial charge in [-0.15, -0.1) is 0 Å². The first kappa shape index (κ1) is 20.9. The van der Waals surface area contributed by atoms with Crippen molar-refractivity contribution in [2.24, 2.45) is 5.10 Å². The molecular weight excluding hydrogens is 511 g/mol. The molecule has 1 N–H and O–H groups in total. The van der Waals surface area contributed by atoms with Crippen molar-refractivity contribution >= 4 is 40.7 Å². The average molecular weight is 528 g/mol. The summed E-state index contributed by atoms with van der Waals surface area (Å²) in [5.74, 6) is 0.795. The number of fused-ring (bicyclic) bond motifs is 1. The number of benzene rings is 3. The number of carbonyl (C=O) groups is 2. The van der Waals surface area contributed by atoms with Crippen LogP contribution in [0.2, 0.25) is 0 Å². The van der Waals surface area contributed by atoms with Gasteiger partial charge >= 0.3 is 5.97 Å². The van der Waals surface area contributed by atoms with Gasteiger partial charge in [0.25, 0.3) is 5.91 Å². The molecule has 1 aliphatic heterocycles. The Kier molecular flexibility index (Phi) is 6.46. The lowest BCUT2D eigenvalue weighted by Gasteiger charge is -2.18. The number of esters is 1. The highest BCUT2D eigenvalue weighted by Gasteiger charge is 2.15. The van der Waals surface area contributed by atoms with Crippen molar-refractivity contribution in [2.75, 3.05) is 13.2 Å². The monoisotopic (exact) mass is 528 g/mol. The number of halogens is 1. The second-order valence-corrected chi connectivity index (χ2v) is 7.66. The van der Waals surface area contributed by atoms with Gasteiger partial charge in [-0.2, -0.15) is 5.10 Å². The van der Waals surface area contributed by atoms with E-state index in [0.717, 1.165) is 9.13 Å². The van der Waals surface area contributed by atoms with Gasteiger partial charge in [-0.1, -0.05) is 12.1 Å². The number of hydrogen-bond donors (Lipinski definition) is 1. The van der Waals surface area contributed by atoms with E-state index in [1.165, 1.54) is 6.21 Å². The Bertz CT molecular complexity index is 1140. The minimum Gasteiger partial charge on any atom is -0.486 e. The van der Waals surface area contributed by atoms with E-state index in [1.54, 1.807) is 54.6 Å². The van der Waals surface area contributed by atoms with Crippen LogP contribution in [-0.4, -0.2) is 31.3 Å². The largest absolute Gasteiger partial charge is 0.486 e. The lowest BCUT2D eigenvalue weighted by atomic mass is 10.2. The fourth-order valence-corrected chi connectivity index (χ4v) is 3.43. The first-order valence-electron chi connectivity index (χ1n) is 9.40. The molecule has 7 nitrogen and oxygen atoms in total. The molecule has 0 aliphatic carbocycles. The van der Waals surface area contributed by atoms with Crippen LogP contribution in [0.25, 0.3) is 0 Å². The smallest absolute Gasteiger partial charge is 0.344 e. The van der Waals surface area contributed by atoms with E-state index >= 15 is 0 Å². The number of hydrogen-bond acceptors (Lipinski definition) is 6. The molecule has 0 saturated heterocycles. The average Bonchev–Trinajstić information content (AvgIpc) is 2.80. The Balaban J connectivity index is 1.34. The molecule has 0 unspecified atom stereocenters. The van der Waals surface area contributed by atoms with Gasteiger partial charge in [0.1, 0.15) is 19.0 Å². The number of rotatable bonds is 5. The van der Waals surface area contributed by atoms with E-state index in [2.05, 4.69) is 33.1 Å². The highest BCUT2D eigenvalue weighted by Crippen LogP contribution is 2.30. The van der Waals surface area contributed by atoms with Crippen molar-refractivity contribution in [1.29, 1.82) is 0 Å². The summed E-state index contributed by atoms with van der Waals surface area (Å²) < 4.78 is 17.1. The predicted octanol–water partition coefficient (Wildman–Crippen LogP) is 4.05. The van der Waals surface area contributed by atoms with E-state index < -0.39 is 5.97 Å². The molecule has 0 fully saturated rings. The molecule has 0 saturated carbocycles. The molecule has 0 spiro atoms. The Hall–Kier alpha value is -3.40. The second-order valence-electron chi connectivity index (χ2n) is 6.50. The maximum Gasteiger partial charge on any atom is 0.344 e. The molecule has 31 heavy (non-hydrogen) atoms. The number of hydrazone groups is 1. The number of amides is 1. The minimum absolute atomic E-state index is 0.365. The van der Waals surface area contributed by atoms with Crippen molar-refractivity contribution in [1.82, 2.24) is 5.43 Å². The molecule has 1 aliphatic rings. The van der Waals surface area contributed by atoms with E-state index in [-0.39, 0.29) is 5.91 Å². The molecule has 0 radical (unpaired) electrons. The zero-order chi connectivity index (χ0) is 21.6. The lowest BCUT2D eigenvalue weighted by molar-refractivity contribution is 0.0733. The summed E-state index contributed by atoms with van der Waals surface area (Å²) in [5, 5.41) is 3.97. The summed E-state index contributed by atoms with van der Waals surface area (Å²) >= 11 is 2.09. The van der Waals surface area contributed by atoms with Crippen LogP contribution in [0.3, 0.4) is 0 Å². The van der Waals surface area contributed by atoms with Crippen LogP contribution in [0.1, 0.15) is 26.3 Å². The highest BCUT2D eigenvalue weighted by molar-refractivity contribution is 14.1. The summed E-state index contributed by atoms with van der Waals surface area (Å²) in [6.07, 6.45) is 1.50. The van der Waals surface area contributed by atoms with Crippen molar-refractivity contribution < 1.29 is 23.8 Å². The standard InChI is InChI=1S/C23H17IN2O5/c24-19-4-2-1-3-18(19)23(28)31-17-8-5-15(6-9-17)14-25-26-22(27)16-7-10-20-21(13-16)30-12-11-29-20/h1-10,13-14H,11-12H2,(H,26,27)/b25-14-. The van der Waals surface area contributed by atoms with Crippen molar-refractivity contribution in [3.63, 3.8) is 0 Å². The van der Waals surface area contributed by atoms with Crippen LogP contribution >= 0.6 is 22.6 Å². The molecule has 0 aromatic heterocycles. The van der Waals surface area contributed by atoms with Gasteiger partial charge in [0, 0.05) is 9.13 Å². The van der Waals surface area contributed by atoms with E-state index in [0.29, 0.717) is 41.6 Å². The Labute approximate surface area is 192 Å². The second kappa shape index (κ2) is 9.61.